The Bertz CT molecular complexity index is 458. The highest BCUT2D eigenvalue weighted by atomic mass is 32.5. The van der Waals surface area contributed by atoms with E-state index in [1.807, 2.05) is 5.32 Å². The van der Waals surface area contributed by atoms with Gasteiger partial charge in [0.1, 0.15) is 4.90 Å². The number of benzene rings is 1. The zero-order valence-corrected chi connectivity index (χ0v) is 9.33. The lowest BCUT2D eigenvalue weighted by Crippen LogP contribution is -2.24. The molecule has 0 fully saturated rings. The van der Waals surface area contributed by atoms with Crippen LogP contribution in [0.2, 0.25) is 0 Å². The second-order valence-electron chi connectivity index (χ2n) is 3.20. The maximum atomic E-state index is 12.4. The Morgan fingerprint density at radius 1 is 1.18 bits per heavy atom. The van der Waals surface area contributed by atoms with E-state index in [1.54, 1.807) is 0 Å². The number of anilines is 1. The maximum absolute atomic E-state index is 12.4. The van der Waals surface area contributed by atoms with Gasteiger partial charge in [-0.15, -0.1) is 0 Å². The first kappa shape index (κ1) is 13.6. The fourth-order valence-corrected chi connectivity index (χ4v) is 1.69. The first-order valence-electron chi connectivity index (χ1n) is 4.25. The summed E-state index contributed by atoms with van der Waals surface area (Å²) in [6.45, 7) is 0. The van der Waals surface area contributed by atoms with E-state index in [9.17, 15) is 24.2 Å². The van der Waals surface area contributed by atoms with Crippen molar-refractivity contribution in [3.05, 3.63) is 24.3 Å². The molecule has 0 atom stereocenters. The van der Waals surface area contributed by atoms with Crippen LogP contribution in [-0.2, 0) is 0 Å². The molecule has 0 heterocycles. The molecule has 0 aliphatic heterocycles. The smallest absolute Gasteiger partial charge is 0.318 e. The molecule has 2 amide bonds. The first-order chi connectivity index (χ1) is 7.42. The summed E-state index contributed by atoms with van der Waals surface area (Å²) in [5, 5.41) is 4.06. The molecule has 0 saturated carbocycles. The van der Waals surface area contributed by atoms with Crippen molar-refractivity contribution in [2.75, 3.05) is 12.4 Å². The second-order valence-corrected chi connectivity index (χ2v) is 5.61. The molecular weight excluding hydrogens is 267 g/mol. The van der Waals surface area contributed by atoms with Crippen molar-refractivity contribution in [2.24, 2.45) is 0 Å². The molecule has 0 spiro atoms. The Balaban J connectivity index is 3.16. The maximum Gasteiger partial charge on any atom is 0.318 e. The van der Waals surface area contributed by atoms with Crippen LogP contribution in [0.15, 0.2) is 29.2 Å². The van der Waals surface area contributed by atoms with Crippen LogP contribution in [0.1, 0.15) is 0 Å². The van der Waals surface area contributed by atoms with Gasteiger partial charge in [-0.2, -0.15) is 0 Å². The zero-order valence-electron chi connectivity index (χ0n) is 8.52. The summed E-state index contributed by atoms with van der Waals surface area (Å²) >= 11 is 0. The normalized spacial score (nSPS) is 15.6. The van der Waals surface area contributed by atoms with Gasteiger partial charge in [-0.1, -0.05) is 25.5 Å². The van der Waals surface area contributed by atoms with Crippen LogP contribution in [0.3, 0.4) is 0 Å². The van der Waals surface area contributed by atoms with Crippen molar-refractivity contribution in [2.45, 2.75) is 4.90 Å². The van der Waals surface area contributed by atoms with Gasteiger partial charge in [-0.25, -0.2) is 4.79 Å². The summed E-state index contributed by atoms with van der Waals surface area (Å²) in [6.07, 6.45) is 0. The molecule has 3 nitrogen and oxygen atoms in total. The monoisotopic (exact) mass is 276 g/mol. The molecule has 1 aromatic carbocycles. The van der Waals surface area contributed by atoms with Crippen LogP contribution >= 0.6 is 10.2 Å². The van der Waals surface area contributed by atoms with Gasteiger partial charge >= 0.3 is 16.3 Å². The number of nitrogens with one attached hydrogen (secondary N) is 2. The molecule has 1 aromatic rings. The zero-order chi connectivity index (χ0) is 13.4. The molecule has 17 heavy (non-hydrogen) atoms. The largest absolute Gasteiger partial charge is 0.341 e. The number of carbonyl (C=O) groups is 1. The number of halogens is 5. The van der Waals surface area contributed by atoms with Crippen molar-refractivity contribution >= 4 is 21.9 Å². The van der Waals surface area contributed by atoms with Crippen molar-refractivity contribution in [1.29, 1.82) is 0 Å². The summed E-state index contributed by atoms with van der Waals surface area (Å²) in [4.78, 5) is 8.78. The fourth-order valence-electron chi connectivity index (χ4n) is 1.01. The number of urea groups is 1. The standard InChI is InChI=1S/C8H9F5N2OS/c1-14-8(16)15-6-3-2-4-7(5-6)17(9,10,11,12)13/h2-5H,1H3,(H2,14,15,16). The third-order valence-electron chi connectivity index (χ3n) is 1.76. The summed E-state index contributed by atoms with van der Waals surface area (Å²) in [7, 11) is -8.46. The lowest BCUT2D eigenvalue weighted by atomic mass is 10.3. The quantitative estimate of drug-likeness (QED) is 0.785. The molecule has 2 N–H and O–H groups in total. The lowest BCUT2D eigenvalue weighted by molar-refractivity contribution is 0.254. The van der Waals surface area contributed by atoms with Gasteiger partial charge in [0.15, 0.2) is 0 Å². The molecule has 9 heteroatoms. The Kier molecular flexibility index (Phi) is 2.59. The molecule has 1 rings (SSSR count). The van der Waals surface area contributed by atoms with Crippen molar-refractivity contribution in [3.8, 4) is 0 Å². The number of rotatable bonds is 2. The average molecular weight is 276 g/mol. The lowest BCUT2D eigenvalue weighted by Gasteiger charge is -2.40. The first-order valence-corrected chi connectivity index (χ1v) is 6.20. The minimum absolute atomic E-state index is 0.191. The minimum atomic E-state index is -9.70. The predicted molar refractivity (Wildman–Crippen MR) is 55.9 cm³/mol. The van der Waals surface area contributed by atoms with Gasteiger partial charge < -0.3 is 10.6 Å². The van der Waals surface area contributed by atoms with Gasteiger partial charge in [0, 0.05) is 12.7 Å². The van der Waals surface area contributed by atoms with Crippen molar-refractivity contribution in [3.63, 3.8) is 0 Å². The minimum Gasteiger partial charge on any atom is -0.341 e. The van der Waals surface area contributed by atoms with E-state index in [1.165, 1.54) is 7.05 Å². The summed E-state index contributed by atoms with van der Waals surface area (Å²) < 4.78 is 62.1. The van der Waals surface area contributed by atoms with Gasteiger partial charge in [0.25, 0.3) is 0 Å². The molecule has 0 radical (unpaired) electrons. The molecular formula is C8H9F5N2OS. The molecule has 0 aromatic heterocycles. The van der Waals surface area contributed by atoms with E-state index in [0.29, 0.717) is 0 Å². The van der Waals surface area contributed by atoms with Crippen LogP contribution in [-0.4, -0.2) is 13.1 Å². The predicted octanol–water partition coefficient (Wildman–Crippen LogP) is 4.10. The van der Waals surface area contributed by atoms with E-state index in [-0.39, 0.29) is 17.8 Å². The average Bonchev–Trinajstić information content (AvgIpc) is 2.14. The highest BCUT2D eigenvalue weighted by Crippen LogP contribution is 3.02. The highest BCUT2D eigenvalue weighted by Gasteiger charge is 2.65. The molecule has 0 bridgehead atoms. The van der Waals surface area contributed by atoms with Crippen LogP contribution in [0.25, 0.3) is 0 Å². The summed E-state index contributed by atoms with van der Waals surface area (Å²) in [5.41, 5.74) is -0.366. The van der Waals surface area contributed by atoms with E-state index in [4.69, 9.17) is 0 Å². The van der Waals surface area contributed by atoms with Gasteiger partial charge in [0.2, 0.25) is 0 Å². The highest BCUT2D eigenvalue weighted by molar-refractivity contribution is 8.45. The van der Waals surface area contributed by atoms with E-state index in [2.05, 4.69) is 5.32 Å². The Labute approximate surface area is 93.7 Å². The number of amides is 2. The number of carbonyl (C=O) groups excluding carboxylic acids is 1. The Morgan fingerprint density at radius 3 is 2.24 bits per heavy atom. The van der Waals surface area contributed by atoms with Gasteiger partial charge in [-0.3, -0.25) is 0 Å². The second kappa shape index (κ2) is 3.25. The molecule has 0 saturated heterocycles. The van der Waals surface area contributed by atoms with E-state index in [0.717, 1.165) is 12.1 Å². The topological polar surface area (TPSA) is 41.1 Å². The summed E-state index contributed by atoms with van der Waals surface area (Å²) in [6, 6.07) is 1.51. The Hall–Kier alpha value is -1.51. The number of hydrogen-bond acceptors (Lipinski definition) is 1. The fraction of sp³-hybridized carbons (Fsp3) is 0.125. The molecule has 0 aliphatic carbocycles. The van der Waals surface area contributed by atoms with Crippen LogP contribution in [0, 0.1) is 0 Å². The number of hydrogen-bond donors (Lipinski definition) is 2. The Morgan fingerprint density at radius 2 is 1.76 bits per heavy atom. The molecule has 98 valence electrons. The third kappa shape index (κ3) is 3.77. The van der Waals surface area contributed by atoms with E-state index < -0.39 is 21.2 Å². The third-order valence-corrected chi connectivity index (χ3v) is 2.91. The summed E-state index contributed by atoms with van der Waals surface area (Å²) in [5.74, 6) is 0. The molecule has 0 aliphatic rings. The van der Waals surface area contributed by atoms with Crippen LogP contribution in [0.5, 0.6) is 0 Å². The van der Waals surface area contributed by atoms with Crippen molar-refractivity contribution in [1.82, 2.24) is 5.32 Å². The van der Waals surface area contributed by atoms with Crippen LogP contribution < -0.4 is 10.6 Å². The van der Waals surface area contributed by atoms with Gasteiger partial charge in [-0.05, 0) is 18.2 Å². The van der Waals surface area contributed by atoms with E-state index >= 15 is 0 Å². The molecule has 0 unspecified atom stereocenters. The SMILES string of the molecule is CNC(=O)Nc1cccc(S(F)(F)(F)(F)F)c1. The van der Waals surface area contributed by atoms with Crippen molar-refractivity contribution < 1.29 is 24.2 Å². The van der Waals surface area contributed by atoms with Crippen LogP contribution in [0.4, 0.5) is 29.9 Å². The van der Waals surface area contributed by atoms with Gasteiger partial charge in [0.05, 0.1) is 0 Å².